The summed E-state index contributed by atoms with van der Waals surface area (Å²) in [5, 5.41) is 1.17. The van der Waals surface area contributed by atoms with Gasteiger partial charge in [0.1, 0.15) is 0 Å². The number of hydrogen-bond acceptors (Lipinski definition) is 3. The van der Waals surface area contributed by atoms with Crippen LogP contribution in [0.25, 0.3) is 0 Å². The maximum Gasteiger partial charge on any atom is 0.462 e. The molecule has 1 rings (SSSR count). The maximum absolute atomic E-state index is 14.5. The predicted octanol–water partition coefficient (Wildman–Crippen LogP) is 6.80. The van der Waals surface area contributed by atoms with E-state index in [1.807, 2.05) is 0 Å². The molecule has 226 valence electrons. The molecule has 1 aliphatic rings. The third kappa shape index (κ3) is 6.16. The summed E-state index contributed by atoms with van der Waals surface area (Å²) in [5.41, 5.74) is 0. The van der Waals surface area contributed by atoms with Crippen LogP contribution in [0.2, 0.25) is 0 Å². The molecule has 38 heavy (non-hydrogen) atoms. The van der Waals surface area contributed by atoms with E-state index in [1.54, 1.807) is 6.92 Å². The molecular weight excluding hydrogens is 589 g/mol. The molecular formula is C17H16F17NO3. The molecule has 1 amide bonds. The summed E-state index contributed by atoms with van der Waals surface area (Å²) in [4.78, 5) is 11.9. The van der Waals surface area contributed by atoms with Crippen molar-refractivity contribution in [2.75, 3.05) is 0 Å². The van der Waals surface area contributed by atoms with Crippen molar-refractivity contribution in [1.82, 2.24) is 5.32 Å². The van der Waals surface area contributed by atoms with Gasteiger partial charge in [0.25, 0.3) is 5.91 Å². The second-order valence-corrected chi connectivity index (χ2v) is 8.43. The highest BCUT2D eigenvalue weighted by Gasteiger charge is 2.85. The highest BCUT2D eigenvalue weighted by atomic mass is 19.4. The minimum absolute atomic E-state index is 0.117. The molecule has 4 nitrogen and oxygen atoms in total. The molecule has 5 atom stereocenters. The van der Waals surface area contributed by atoms with Gasteiger partial charge in [-0.05, 0) is 31.1 Å². The SMILES string of the molecule is CC1CCC(NC(=O)C(F)(OC(F)(F)C(F)(OC(F)(F)C(F)(F)C(F)(F)F)C(F)(F)F)C(F)(F)F)CC1C. The summed E-state index contributed by atoms with van der Waals surface area (Å²) < 4.78 is 227. The van der Waals surface area contributed by atoms with Crippen molar-refractivity contribution in [3.63, 3.8) is 0 Å². The lowest BCUT2D eigenvalue weighted by atomic mass is 9.79. The van der Waals surface area contributed by atoms with Gasteiger partial charge in [-0.3, -0.25) is 14.3 Å². The van der Waals surface area contributed by atoms with Crippen molar-refractivity contribution < 1.29 is 88.9 Å². The minimum atomic E-state index is -8.02. The zero-order chi connectivity index (χ0) is 30.6. The van der Waals surface area contributed by atoms with Gasteiger partial charge in [-0.15, -0.1) is 0 Å². The largest absolute Gasteiger partial charge is 0.462 e. The van der Waals surface area contributed by atoms with E-state index in [1.165, 1.54) is 17.0 Å². The van der Waals surface area contributed by atoms with E-state index in [9.17, 15) is 79.4 Å². The van der Waals surface area contributed by atoms with E-state index in [2.05, 4.69) is 4.74 Å². The van der Waals surface area contributed by atoms with Crippen LogP contribution in [-0.2, 0) is 14.3 Å². The molecule has 1 saturated carbocycles. The Hall–Kier alpha value is -1.80. The highest BCUT2D eigenvalue weighted by molar-refractivity contribution is 5.84. The summed E-state index contributed by atoms with van der Waals surface area (Å²) in [6.45, 7) is 3.12. The van der Waals surface area contributed by atoms with Crippen molar-refractivity contribution in [2.24, 2.45) is 11.8 Å². The first-order valence-corrected chi connectivity index (χ1v) is 9.89. The highest BCUT2D eigenvalue weighted by Crippen LogP contribution is 2.56. The van der Waals surface area contributed by atoms with E-state index >= 15 is 0 Å². The first-order chi connectivity index (χ1) is 16.5. The summed E-state index contributed by atoms with van der Waals surface area (Å²) in [6, 6.07) is -1.45. The van der Waals surface area contributed by atoms with Gasteiger partial charge < -0.3 is 5.32 Å². The van der Waals surface area contributed by atoms with E-state index in [4.69, 9.17) is 0 Å². The topological polar surface area (TPSA) is 47.6 Å². The molecule has 5 unspecified atom stereocenters. The number of nitrogens with one attached hydrogen (secondary N) is 1. The normalized spacial score (nSPS) is 25.9. The number of amides is 1. The Morgan fingerprint density at radius 2 is 1.11 bits per heavy atom. The monoisotopic (exact) mass is 605 g/mol. The fraction of sp³-hybridized carbons (Fsp3) is 0.941. The average Bonchev–Trinajstić information content (AvgIpc) is 2.67. The van der Waals surface area contributed by atoms with E-state index in [0.29, 0.717) is 0 Å². The van der Waals surface area contributed by atoms with Crippen molar-refractivity contribution in [1.29, 1.82) is 0 Å². The number of hydrogen-bond donors (Lipinski definition) is 1. The van der Waals surface area contributed by atoms with Crippen LogP contribution in [0, 0.1) is 11.8 Å². The summed E-state index contributed by atoms with van der Waals surface area (Å²) in [7, 11) is 0. The van der Waals surface area contributed by atoms with Gasteiger partial charge in [0.05, 0.1) is 0 Å². The van der Waals surface area contributed by atoms with Crippen LogP contribution in [0.3, 0.4) is 0 Å². The summed E-state index contributed by atoms with van der Waals surface area (Å²) >= 11 is 0. The maximum atomic E-state index is 14.5. The molecule has 21 heteroatoms. The van der Waals surface area contributed by atoms with Crippen molar-refractivity contribution >= 4 is 5.91 Å². The Balaban J connectivity index is 3.51. The van der Waals surface area contributed by atoms with Gasteiger partial charge in [0, 0.05) is 6.04 Å². The Bertz CT molecular complexity index is 854. The van der Waals surface area contributed by atoms with Crippen LogP contribution < -0.4 is 5.32 Å². The standard InChI is InChI=1S/C17H16F17NO3/c1-6-3-4-8(5-7(6)2)35-9(36)10(18,13(22,23)24)37-17(33,34)12(21,15(28,29)30)38-16(31,32)11(19,20)14(25,26)27/h6-8H,3-5H2,1-2H3,(H,35,36). The Labute approximate surface area is 200 Å². The number of alkyl halides is 17. The Morgan fingerprint density at radius 1 is 0.632 bits per heavy atom. The van der Waals surface area contributed by atoms with Gasteiger partial charge >= 0.3 is 48.4 Å². The molecule has 0 aromatic heterocycles. The van der Waals surface area contributed by atoms with Crippen LogP contribution in [0.15, 0.2) is 0 Å². The number of carbonyl (C=O) groups is 1. The molecule has 0 aromatic rings. The predicted molar refractivity (Wildman–Crippen MR) is 87.0 cm³/mol. The van der Waals surface area contributed by atoms with Crippen LogP contribution in [0.5, 0.6) is 0 Å². The third-order valence-electron chi connectivity index (χ3n) is 5.59. The number of carbonyl (C=O) groups excluding carboxylic acids is 1. The summed E-state index contributed by atoms with van der Waals surface area (Å²) in [6.07, 6.45) is -38.7. The van der Waals surface area contributed by atoms with Crippen LogP contribution in [0.1, 0.15) is 33.1 Å². The van der Waals surface area contributed by atoms with Crippen molar-refractivity contribution in [2.45, 2.75) is 87.5 Å². The Kier molecular flexibility index (Phi) is 9.00. The fourth-order valence-corrected chi connectivity index (χ4v) is 3.12. The van der Waals surface area contributed by atoms with Gasteiger partial charge in [0.15, 0.2) is 0 Å². The first kappa shape index (κ1) is 34.2. The van der Waals surface area contributed by atoms with Crippen LogP contribution >= 0.6 is 0 Å². The zero-order valence-electron chi connectivity index (χ0n) is 18.5. The molecule has 1 N–H and O–H groups in total. The van der Waals surface area contributed by atoms with Gasteiger partial charge in [-0.2, -0.15) is 74.6 Å². The van der Waals surface area contributed by atoms with E-state index in [-0.39, 0.29) is 25.2 Å². The molecule has 0 saturated heterocycles. The van der Waals surface area contributed by atoms with Crippen LogP contribution in [-0.4, -0.2) is 60.3 Å². The van der Waals surface area contributed by atoms with Gasteiger partial charge in [-0.1, -0.05) is 13.8 Å². The molecule has 0 bridgehead atoms. The van der Waals surface area contributed by atoms with Gasteiger partial charge in [-0.25, -0.2) is 0 Å². The fourth-order valence-electron chi connectivity index (χ4n) is 3.12. The lowest BCUT2D eigenvalue weighted by molar-refractivity contribution is -0.548. The second-order valence-electron chi connectivity index (χ2n) is 8.43. The quantitative estimate of drug-likeness (QED) is 0.310. The first-order valence-electron chi connectivity index (χ1n) is 9.89. The summed E-state index contributed by atoms with van der Waals surface area (Å²) in [5.74, 6) is -26.4. The lowest BCUT2D eigenvalue weighted by Crippen LogP contribution is -2.69. The smallest absolute Gasteiger partial charge is 0.348 e. The molecule has 0 heterocycles. The molecule has 0 aliphatic heterocycles. The lowest BCUT2D eigenvalue weighted by Gasteiger charge is -2.40. The molecule has 0 spiro atoms. The average molecular weight is 605 g/mol. The van der Waals surface area contributed by atoms with Crippen molar-refractivity contribution in [3.05, 3.63) is 0 Å². The molecule has 1 fully saturated rings. The van der Waals surface area contributed by atoms with E-state index in [0.717, 1.165) is 0 Å². The second kappa shape index (κ2) is 9.99. The molecule has 0 radical (unpaired) electrons. The third-order valence-corrected chi connectivity index (χ3v) is 5.59. The number of rotatable bonds is 8. The number of ether oxygens (including phenoxy) is 2. The zero-order valence-corrected chi connectivity index (χ0v) is 18.5. The number of halogens is 17. The van der Waals surface area contributed by atoms with E-state index < -0.39 is 66.2 Å². The van der Waals surface area contributed by atoms with Crippen LogP contribution in [0.4, 0.5) is 74.6 Å². The van der Waals surface area contributed by atoms with Gasteiger partial charge in [0.2, 0.25) is 0 Å². The molecule has 0 aromatic carbocycles. The minimum Gasteiger partial charge on any atom is -0.348 e. The molecule has 1 aliphatic carbocycles. The van der Waals surface area contributed by atoms with Crippen molar-refractivity contribution in [3.8, 4) is 0 Å². The Morgan fingerprint density at radius 3 is 1.47 bits per heavy atom.